The first-order valence-corrected chi connectivity index (χ1v) is 45.7. The Morgan fingerprint density at radius 3 is 0.904 bits per heavy atom. The van der Waals surface area contributed by atoms with Crippen LogP contribution in [0.1, 0.15) is 299 Å². The van der Waals surface area contributed by atoms with E-state index in [2.05, 4.69) is 21.3 Å². The van der Waals surface area contributed by atoms with Crippen LogP contribution in [0.2, 0.25) is 0 Å². The van der Waals surface area contributed by atoms with Crippen LogP contribution in [0.5, 0.6) is 0 Å². The molecule has 3 aliphatic heterocycles. The highest BCUT2D eigenvalue weighted by Crippen LogP contribution is 2.45. The molecule has 3 saturated heterocycles. The van der Waals surface area contributed by atoms with Gasteiger partial charge in [-0.2, -0.15) is 5.06 Å². The number of hydrogen-bond acceptors (Lipinski definition) is 32. The number of esters is 6. The molecule has 0 unspecified atom stereocenters. The largest absolute Gasteiger partial charge is 0.480 e. The molecule has 5 aliphatic carbocycles. The molecular formula is C93H142N10O32. The summed E-state index contributed by atoms with van der Waals surface area (Å²) < 4.78 is 30.1. The van der Waals surface area contributed by atoms with Crippen molar-refractivity contribution < 1.29 is 155 Å². The summed E-state index contributed by atoms with van der Waals surface area (Å²) in [4.78, 5) is 245. The van der Waals surface area contributed by atoms with E-state index in [-0.39, 0.29) is 129 Å². The van der Waals surface area contributed by atoms with Gasteiger partial charge in [0.1, 0.15) is 5.41 Å². The van der Waals surface area contributed by atoms with Crippen molar-refractivity contribution in [1.29, 1.82) is 0 Å². The summed E-state index contributed by atoms with van der Waals surface area (Å²) in [6.07, 6.45) is 18.8. The fourth-order valence-corrected chi connectivity index (χ4v) is 16.0. The molecular weight excluding hydrogens is 1770 g/mol. The Balaban J connectivity index is 0.000000547. The molecule has 8 fully saturated rings. The summed E-state index contributed by atoms with van der Waals surface area (Å²) in [6.45, 7) is 12.1. The number of carbonyl (C=O) groups excluding carboxylic acids is 19. The first kappa shape index (κ1) is 119. The molecule has 14 N–H and O–H groups in total. The van der Waals surface area contributed by atoms with Crippen LogP contribution in [0.15, 0.2) is 48.5 Å². The fraction of sp³-hybridized carbons (Fsp3) is 0.656. The van der Waals surface area contributed by atoms with Crippen molar-refractivity contribution in [1.82, 2.24) is 25.8 Å². The van der Waals surface area contributed by atoms with E-state index in [4.69, 9.17) is 70.7 Å². The molecule has 135 heavy (non-hydrogen) atoms. The molecule has 0 bridgehead atoms. The van der Waals surface area contributed by atoms with E-state index < -0.39 is 140 Å². The predicted octanol–water partition coefficient (Wildman–Crippen LogP) is 9.21. The highest BCUT2D eigenvalue weighted by Gasteiger charge is 2.55. The number of ether oxygens (including phenoxy) is 6. The Morgan fingerprint density at radius 1 is 0.370 bits per heavy atom. The van der Waals surface area contributed by atoms with Crippen LogP contribution in [-0.2, 0) is 138 Å². The maximum absolute atomic E-state index is 13.4. The van der Waals surface area contributed by atoms with Crippen molar-refractivity contribution in [3.63, 3.8) is 0 Å². The lowest BCUT2D eigenvalue weighted by atomic mass is 9.69. The van der Waals surface area contributed by atoms with Gasteiger partial charge in [-0.25, -0.2) is 19.2 Å². The summed E-state index contributed by atoms with van der Waals surface area (Å²) >= 11 is 0. The van der Waals surface area contributed by atoms with Gasteiger partial charge in [0.2, 0.25) is 11.8 Å². The summed E-state index contributed by atoms with van der Waals surface area (Å²) in [5.74, 6) is -10.7. The lowest BCUT2D eigenvalue weighted by molar-refractivity contribution is -0.210. The van der Waals surface area contributed by atoms with Crippen LogP contribution < -0.4 is 38.5 Å². The standard InChI is InChI=1S/C24H35N3O6.2C14H19NO6.C13H20N4O3.C12H20O4.C10H16O4.C4H5NO3.2CH4/c1-2-33-22(31)24(12-4-3-5-13-24)20(29)15-18(7-6-14-26-23(25)32)21(30)27-19-10-8-17(16-28)9-11-19;2*1-2-20-12(18)14(8-4-3-5-9-14)13(19)21-15-10(16)6-7-11(15)17;14-11(2-1-7-16-13(15)20)12(19)17-10-5-3-9(8-18)4-6-10;1-3-15-10(13)12(11(14)16-4-2)8-6-5-7-9-12;1-2-14-9(13)10(8(11)12)6-4-3-5-7-10;6-3-1-2-4(7)5(3)8;;/h8-11,18,28H,2-7,12-16H2,1H3,(H,27,30)(H3,25,26,32);2*2-9H2,1H3;3-6,11,18H,1-2,7-8,14H2,(H,17,19)(H3,15,16,20);3-9H2,1-2H3;2-7H2,1H3,(H,11,12);8H,1-2H2;2*1H4/t18-;;;11-;;;;;/m1..0...../s1. The monoisotopic (exact) mass is 1910 g/mol. The maximum atomic E-state index is 13.4. The number of amides is 12. The van der Waals surface area contributed by atoms with Gasteiger partial charge in [0.05, 0.1) is 58.9 Å². The third kappa shape index (κ3) is 36.0. The number of ketones is 1. The second-order valence-electron chi connectivity index (χ2n) is 32.8. The van der Waals surface area contributed by atoms with Crippen molar-refractivity contribution in [2.24, 2.45) is 50.2 Å². The number of aliphatic hydroxyl groups excluding tert-OH is 2. The van der Waals surface area contributed by atoms with Gasteiger partial charge in [-0.15, -0.1) is 10.1 Å². The number of hydrogen-bond donors (Lipinski definition) is 11. The van der Waals surface area contributed by atoms with E-state index >= 15 is 0 Å². The minimum Gasteiger partial charge on any atom is -0.480 e. The third-order valence-corrected chi connectivity index (χ3v) is 23.6. The van der Waals surface area contributed by atoms with Gasteiger partial charge in [-0.3, -0.25) is 81.9 Å². The Hall–Kier alpha value is -11.9. The van der Waals surface area contributed by atoms with Crippen LogP contribution in [0.25, 0.3) is 0 Å². The molecule has 12 amide bonds. The number of nitrogens with one attached hydrogen (secondary N) is 4. The molecule has 42 heteroatoms. The lowest BCUT2D eigenvalue weighted by Gasteiger charge is -2.34. The van der Waals surface area contributed by atoms with Crippen LogP contribution >= 0.6 is 0 Å². The smallest absolute Gasteiger partial charge is 0.350 e. The Bertz CT molecular complexity index is 4110. The molecule has 8 aliphatic rings. The SMILES string of the molecule is C.C.CCOC(=O)C1(C(=O)C[C@@H](CCCNC(N)=O)C(=O)Nc2ccc(CO)cc2)CCCCC1.CCOC(=O)C1(C(=O)O)CCCCC1.CCOC(=O)C1(C(=O)OCC)CCCCC1.CCOC(=O)C1(C(=O)ON2C(=O)CCC2=O)CCCCC1.CCOC(=O)C1(C(=O)ON2C(=O)CCC2=O)CCCCC1.NC(=O)NCCC[C@H](N)C(=O)Nc1ccc(CO)cc1.O=C1CCC(=O)N1O. The van der Waals surface area contributed by atoms with Crippen molar-refractivity contribution in [2.45, 2.75) is 307 Å². The van der Waals surface area contributed by atoms with Crippen LogP contribution in [-0.4, -0.2) is 213 Å². The second kappa shape index (κ2) is 61.1. The van der Waals surface area contributed by atoms with E-state index in [9.17, 15) is 101 Å². The zero-order chi connectivity index (χ0) is 98.9. The third-order valence-electron chi connectivity index (χ3n) is 23.6. The minimum atomic E-state index is -1.39. The average Bonchev–Trinajstić information content (AvgIpc) is 1.53. The second-order valence-corrected chi connectivity index (χ2v) is 32.8. The number of hydroxylamine groups is 6. The number of benzene rings is 2. The quantitative estimate of drug-likeness (QED) is 0.00776. The molecule has 3 heterocycles. The topological polar surface area (TPSA) is 632 Å². The van der Waals surface area contributed by atoms with Gasteiger partial charge in [0.15, 0.2) is 27.4 Å². The summed E-state index contributed by atoms with van der Waals surface area (Å²) in [5, 5.41) is 47.1. The molecule has 42 nitrogen and oxygen atoms in total. The number of carbonyl (C=O) groups is 20. The molecule has 5 saturated carbocycles. The number of Topliss-reactive ketones (excluding diaryl/α,β-unsaturated/α-hetero) is 1. The number of carboxylic acid groups (broad SMARTS) is 1. The van der Waals surface area contributed by atoms with E-state index in [0.717, 1.165) is 76.2 Å². The molecule has 10 rings (SSSR count). The number of carboxylic acids is 1. The number of urea groups is 2. The fourth-order valence-electron chi connectivity index (χ4n) is 16.0. The molecule has 2 aromatic rings. The van der Waals surface area contributed by atoms with E-state index in [0.29, 0.717) is 162 Å². The number of primary amides is 2. The average molecular weight is 1910 g/mol. The first-order valence-electron chi connectivity index (χ1n) is 45.7. The Kier molecular flexibility index (Phi) is 54.0. The Morgan fingerprint density at radius 2 is 0.630 bits per heavy atom. The van der Waals surface area contributed by atoms with Gasteiger partial charge >= 0.3 is 65.8 Å². The van der Waals surface area contributed by atoms with Crippen LogP contribution in [0.4, 0.5) is 21.0 Å². The van der Waals surface area contributed by atoms with Gasteiger partial charge in [0.25, 0.3) is 35.4 Å². The predicted molar refractivity (Wildman–Crippen MR) is 482 cm³/mol. The maximum Gasteiger partial charge on any atom is 0.350 e. The zero-order valence-electron chi connectivity index (χ0n) is 77.1. The van der Waals surface area contributed by atoms with Gasteiger partial charge < -0.3 is 91.9 Å². The summed E-state index contributed by atoms with van der Waals surface area (Å²) in [5.41, 5.74) is 12.2. The van der Waals surface area contributed by atoms with E-state index in [1.54, 1.807) is 90.1 Å². The number of nitrogens with two attached hydrogens (primary N) is 3. The normalized spacial score (nSPS) is 17.7. The number of aliphatic carboxylic acids is 1. The van der Waals surface area contributed by atoms with Crippen molar-refractivity contribution >= 4 is 130 Å². The van der Waals surface area contributed by atoms with Crippen molar-refractivity contribution in [3.8, 4) is 0 Å². The lowest BCUT2D eigenvalue weighted by Crippen LogP contribution is -2.47. The highest BCUT2D eigenvalue weighted by molar-refractivity contribution is 6.08. The zero-order valence-corrected chi connectivity index (χ0v) is 77.1. The summed E-state index contributed by atoms with van der Waals surface area (Å²) in [6, 6.07) is 11.7. The van der Waals surface area contributed by atoms with Gasteiger partial charge in [-0.1, -0.05) is 135 Å². The molecule has 0 aromatic heterocycles. The van der Waals surface area contributed by atoms with Crippen LogP contribution in [0, 0.1) is 33.0 Å². The van der Waals surface area contributed by atoms with E-state index in [1.165, 1.54) is 0 Å². The van der Waals surface area contributed by atoms with Gasteiger partial charge in [-0.05, 0) is 167 Å². The molecule has 756 valence electrons. The first-order chi connectivity index (χ1) is 63.4. The molecule has 0 radical (unpaired) electrons. The molecule has 0 spiro atoms. The van der Waals surface area contributed by atoms with E-state index in [1.807, 2.05) is 0 Å². The number of anilines is 2. The number of rotatable bonds is 34. The van der Waals surface area contributed by atoms with Gasteiger partial charge in [0, 0.05) is 75.3 Å². The Labute approximate surface area is 787 Å². The molecule has 2 atom stereocenters. The summed E-state index contributed by atoms with van der Waals surface area (Å²) in [7, 11) is 0. The molecule has 2 aromatic carbocycles. The van der Waals surface area contributed by atoms with Crippen molar-refractivity contribution in [2.75, 3.05) is 63.4 Å². The van der Waals surface area contributed by atoms with Crippen molar-refractivity contribution in [3.05, 3.63) is 59.7 Å². The number of aliphatic hydroxyl groups is 2. The highest BCUT2D eigenvalue weighted by atomic mass is 16.7. The number of nitrogens with zero attached hydrogens (tertiary/aromatic N) is 3. The minimum absolute atomic E-state index is 0. The number of imide groups is 3. The van der Waals surface area contributed by atoms with Crippen LogP contribution in [0.3, 0.4) is 0 Å².